The van der Waals surface area contributed by atoms with E-state index in [1.807, 2.05) is 31.2 Å². The number of carbonyl (C=O) groups is 3. The van der Waals surface area contributed by atoms with Crippen LogP contribution in [0.1, 0.15) is 32.6 Å². The summed E-state index contributed by atoms with van der Waals surface area (Å²) in [4.78, 5) is 39.1. The number of methoxy groups -OCH3 is 1. The fraction of sp³-hybridized carbons (Fsp3) is 0.318. The third-order valence-electron chi connectivity index (χ3n) is 4.61. The van der Waals surface area contributed by atoms with E-state index in [-0.39, 0.29) is 24.1 Å². The molecule has 2 aromatic carbocycles. The molecule has 0 aliphatic carbocycles. The average molecular weight is 413 g/mol. The number of nitrogens with zero attached hydrogens (tertiary/aromatic N) is 1. The lowest BCUT2D eigenvalue weighted by Crippen LogP contribution is -2.31. The van der Waals surface area contributed by atoms with Crippen LogP contribution >= 0.6 is 11.8 Å². The minimum Gasteiger partial charge on any atom is -0.497 e. The van der Waals surface area contributed by atoms with Crippen LogP contribution in [0.25, 0.3) is 0 Å². The van der Waals surface area contributed by atoms with E-state index in [0.29, 0.717) is 17.9 Å². The highest BCUT2D eigenvalue weighted by Crippen LogP contribution is 2.34. The number of imide groups is 1. The second-order valence-corrected chi connectivity index (χ2v) is 8.03. The molecule has 152 valence electrons. The molecule has 1 atom stereocenters. The monoisotopic (exact) mass is 412 g/mol. The molecule has 3 rings (SSSR count). The molecular weight excluding hydrogens is 388 g/mol. The number of amides is 3. The zero-order valence-electron chi connectivity index (χ0n) is 16.5. The van der Waals surface area contributed by atoms with Crippen LogP contribution in [-0.4, -0.2) is 30.1 Å². The Labute approximate surface area is 174 Å². The predicted octanol–water partition coefficient (Wildman–Crippen LogP) is 4.25. The molecule has 0 radical (unpaired) electrons. The summed E-state index contributed by atoms with van der Waals surface area (Å²) >= 11 is 1.36. The third kappa shape index (κ3) is 5.17. The van der Waals surface area contributed by atoms with Crippen molar-refractivity contribution < 1.29 is 19.1 Å². The molecule has 1 aliphatic rings. The molecule has 1 aliphatic heterocycles. The molecule has 1 fully saturated rings. The topological polar surface area (TPSA) is 75.7 Å². The lowest BCUT2D eigenvalue weighted by Gasteiger charge is -2.15. The van der Waals surface area contributed by atoms with Crippen LogP contribution in [0.5, 0.6) is 5.75 Å². The van der Waals surface area contributed by atoms with E-state index in [9.17, 15) is 14.4 Å². The quantitative estimate of drug-likeness (QED) is 0.656. The lowest BCUT2D eigenvalue weighted by atomic mass is 10.2. The number of carbonyl (C=O) groups excluding carboxylic acids is 3. The number of hydrogen-bond donors (Lipinski definition) is 1. The Balaban J connectivity index is 1.62. The molecule has 29 heavy (non-hydrogen) atoms. The van der Waals surface area contributed by atoms with Crippen molar-refractivity contribution >= 4 is 40.9 Å². The van der Waals surface area contributed by atoms with E-state index in [1.165, 1.54) is 16.7 Å². The number of ether oxygens (including phenoxy) is 1. The van der Waals surface area contributed by atoms with Crippen molar-refractivity contribution in [3.63, 3.8) is 0 Å². The van der Waals surface area contributed by atoms with Crippen LogP contribution in [0.2, 0.25) is 0 Å². The summed E-state index contributed by atoms with van der Waals surface area (Å²) in [6.07, 6.45) is 2.50. The van der Waals surface area contributed by atoms with Gasteiger partial charge in [-0.05, 0) is 55.0 Å². The van der Waals surface area contributed by atoms with E-state index in [0.717, 1.165) is 23.4 Å². The standard InChI is InChI=1S/C22H24N2O4S/c1-3-4-5-20(25)23-15-6-12-18(13-7-15)29-19-14-21(26)24(22(19)27)16-8-10-17(28-2)11-9-16/h6-13,19H,3-5,14H2,1-2H3,(H,23,25). The Morgan fingerprint density at radius 3 is 2.45 bits per heavy atom. The SMILES string of the molecule is CCCCC(=O)Nc1ccc(SC2CC(=O)N(c3ccc(OC)cc3)C2=O)cc1. The van der Waals surface area contributed by atoms with E-state index in [2.05, 4.69) is 5.32 Å². The molecule has 0 bridgehead atoms. The van der Waals surface area contributed by atoms with Gasteiger partial charge >= 0.3 is 0 Å². The van der Waals surface area contributed by atoms with Crippen LogP contribution in [0, 0.1) is 0 Å². The van der Waals surface area contributed by atoms with E-state index >= 15 is 0 Å². The first-order chi connectivity index (χ1) is 14.0. The zero-order chi connectivity index (χ0) is 20.8. The number of unbranched alkanes of at least 4 members (excludes halogenated alkanes) is 1. The van der Waals surface area contributed by atoms with Crippen molar-refractivity contribution in [2.75, 3.05) is 17.3 Å². The molecule has 3 amide bonds. The maximum absolute atomic E-state index is 12.8. The molecule has 1 saturated heterocycles. The van der Waals surface area contributed by atoms with E-state index < -0.39 is 5.25 Å². The second kappa shape index (κ2) is 9.60. The van der Waals surface area contributed by atoms with Crippen LogP contribution in [0.15, 0.2) is 53.4 Å². The van der Waals surface area contributed by atoms with Gasteiger partial charge in [-0.3, -0.25) is 14.4 Å². The number of rotatable bonds is 8. The van der Waals surface area contributed by atoms with Gasteiger partial charge in [-0.2, -0.15) is 0 Å². The van der Waals surface area contributed by atoms with Crippen LogP contribution < -0.4 is 15.0 Å². The fourth-order valence-corrected chi connectivity index (χ4v) is 4.09. The van der Waals surface area contributed by atoms with Gasteiger partial charge in [0.1, 0.15) is 5.75 Å². The Morgan fingerprint density at radius 2 is 1.83 bits per heavy atom. The van der Waals surface area contributed by atoms with Crippen molar-refractivity contribution in [3.8, 4) is 5.75 Å². The number of benzene rings is 2. The Morgan fingerprint density at radius 1 is 1.14 bits per heavy atom. The molecule has 7 heteroatoms. The maximum atomic E-state index is 12.8. The van der Waals surface area contributed by atoms with E-state index in [4.69, 9.17) is 4.74 Å². The van der Waals surface area contributed by atoms with Crippen molar-refractivity contribution in [3.05, 3.63) is 48.5 Å². The first-order valence-electron chi connectivity index (χ1n) is 9.59. The number of anilines is 2. The van der Waals surface area contributed by atoms with Crippen LogP contribution in [0.3, 0.4) is 0 Å². The second-order valence-electron chi connectivity index (χ2n) is 6.75. The van der Waals surface area contributed by atoms with Gasteiger partial charge in [-0.25, -0.2) is 4.90 Å². The highest BCUT2D eigenvalue weighted by atomic mass is 32.2. The van der Waals surface area contributed by atoms with Gasteiger partial charge in [0, 0.05) is 23.4 Å². The summed E-state index contributed by atoms with van der Waals surface area (Å²) in [5.41, 5.74) is 1.28. The summed E-state index contributed by atoms with van der Waals surface area (Å²) in [6, 6.07) is 14.2. The lowest BCUT2D eigenvalue weighted by molar-refractivity contribution is -0.121. The molecule has 2 aromatic rings. The summed E-state index contributed by atoms with van der Waals surface area (Å²) in [5, 5.41) is 2.40. The predicted molar refractivity (Wildman–Crippen MR) is 114 cm³/mol. The largest absolute Gasteiger partial charge is 0.497 e. The number of thioether (sulfide) groups is 1. The minimum absolute atomic E-state index is 0.000969. The fourth-order valence-electron chi connectivity index (χ4n) is 3.04. The summed E-state index contributed by atoms with van der Waals surface area (Å²) in [7, 11) is 1.57. The average Bonchev–Trinajstić information content (AvgIpc) is 3.01. The molecule has 1 N–H and O–H groups in total. The van der Waals surface area contributed by atoms with Crippen molar-refractivity contribution in [2.24, 2.45) is 0 Å². The molecule has 6 nitrogen and oxygen atoms in total. The van der Waals surface area contributed by atoms with Gasteiger partial charge in [0.05, 0.1) is 18.0 Å². The van der Waals surface area contributed by atoms with Gasteiger partial charge < -0.3 is 10.1 Å². The van der Waals surface area contributed by atoms with E-state index in [1.54, 1.807) is 31.4 Å². The van der Waals surface area contributed by atoms with Crippen LogP contribution in [0.4, 0.5) is 11.4 Å². The van der Waals surface area contributed by atoms with Gasteiger partial charge in [-0.15, -0.1) is 11.8 Å². The normalized spacial score (nSPS) is 16.2. The Kier molecular flexibility index (Phi) is 6.93. The number of nitrogens with one attached hydrogen (secondary N) is 1. The minimum atomic E-state index is -0.463. The molecule has 0 saturated carbocycles. The first-order valence-corrected chi connectivity index (χ1v) is 10.5. The Hall–Kier alpha value is -2.80. The van der Waals surface area contributed by atoms with Gasteiger partial charge in [0.2, 0.25) is 17.7 Å². The van der Waals surface area contributed by atoms with Crippen LogP contribution in [-0.2, 0) is 14.4 Å². The number of hydrogen-bond acceptors (Lipinski definition) is 5. The van der Waals surface area contributed by atoms with Gasteiger partial charge in [0.25, 0.3) is 0 Å². The van der Waals surface area contributed by atoms with Crippen molar-refractivity contribution in [1.29, 1.82) is 0 Å². The summed E-state index contributed by atoms with van der Waals surface area (Å²) < 4.78 is 5.12. The molecule has 0 spiro atoms. The molecule has 0 aromatic heterocycles. The Bertz CT molecular complexity index is 881. The van der Waals surface area contributed by atoms with Gasteiger partial charge in [-0.1, -0.05) is 13.3 Å². The van der Waals surface area contributed by atoms with Crippen molar-refractivity contribution in [1.82, 2.24) is 0 Å². The molecular formula is C22H24N2O4S. The highest BCUT2D eigenvalue weighted by molar-refractivity contribution is 8.00. The summed E-state index contributed by atoms with van der Waals surface area (Å²) in [5.74, 6) is 0.235. The third-order valence-corrected chi connectivity index (χ3v) is 5.81. The van der Waals surface area contributed by atoms with Gasteiger partial charge in [0.15, 0.2) is 0 Å². The summed E-state index contributed by atoms with van der Waals surface area (Å²) in [6.45, 7) is 2.05. The zero-order valence-corrected chi connectivity index (χ0v) is 17.3. The first kappa shape index (κ1) is 20.9. The molecule has 1 unspecified atom stereocenters. The maximum Gasteiger partial charge on any atom is 0.247 e. The smallest absolute Gasteiger partial charge is 0.247 e. The highest BCUT2D eigenvalue weighted by Gasteiger charge is 2.40. The molecule has 1 heterocycles. The van der Waals surface area contributed by atoms with Crippen molar-refractivity contribution in [2.45, 2.75) is 42.8 Å².